The van der Waals surface area contributed by atoms with Gasteiger partial charge < -0.3 is 15.9 Å². The third kappa shape index (κ3) is 1.40. The van der Waals surface area contributed by atoms with Crippen molar-refractivity contribution in [2.24, 2.45) is 0 Å². The molecule has 0 radical (unpaired) electrons. The van der Waals surface area contributed by atoms with Crippen LogP contribution < -0.4 is 5.73 Å². The fourth-order valence-corrected chi connectivity index (χ4v) is 0.997. The van der Waals surface area contributed by atoms with Crippen molar-refractivity contribution in [2.45, 2.75) is 6.92 Å². The molecular formula is C8H8FNO3. The van der Waals surface area contributed by atoms with E-state index in [-0.39, 0.29) is 11.3 Å². The lowest BCUT2D eigenvalue weighted by atomic mass is 10.1. The molecule has 4 nitrogen and oxygen atoms in total. The fraction of sp³-hybridized carbons (Fsp3) is 0.125. The monoisotopic (exact) mass is 185 g/mol. The minimum absolute atomic E-state index is 0.119. The van der Waals surface area contributed by atoms with E-state index in [2.05, 4.69) is 0 Å². The molecule has 0 fully saturated rings. The van der Waals surface area contributed by atoms with Crippen LogP contribution >= 0.6 is 0 Å². The van der Waals surface area contributed by atoms with E-state index >= 15 is 0 Å². The third-order valence-corrected chi connectivity index (χ3v) is 1.71. The topological polar surface area (TPSA) is 83.5 Å². The summed E-state index contributed by atoms with van der Waals surface area (Å²) >= 11 is 0. The van der Waals surface area contributed by atoms with Gasteiger partial charge in [0.25, 0.3) is 0 Å². The van der Waals surface area contributed by atoms with E-state index in [0.717, 1.165) is 6.07 Å². The Kier molecular flexibility index (Phi) is 2.10. The fourth-order valence-electron chi connectivity index (χ4n) is 0.997. The number of rotatable bonds is 1. The number of carboxylic acids is 1. The van der Waals surface area contributed by atoms with Crippen LogP contribution in [0, 0.1) is 12.7 Å². The number of hydrogen-bond acceptors (Lipinski definition) is 3. The van der Waals surface area contributed by atoms with Crippen molar-refractivity contribution in [3.8, 4) is 5.75 Å². The van der Waals surface area contributed by atoms with Crippen LogP contribution in [0.5, 0.6) is 5.75 Å². The second-order valence-electron chi connectivity index (χ2n) is 2.62. The smallest absolute Gasteiger partial charge is 0.341 e. The van der Waals surface area contributed by atoms with E-state index < -0.39 is 23.1 Å². The molecular weight excluding hydrogens is 177 g/mol. The predicted octanol–water partition coefficient (Wildman–Crippen LogP) is 1.12. The normalized spacial score (nSPS) is 10.0. The highest BCUT2D eigenvalue weighted by atomic mass is 19.1. The Morgan fingerprint density at radius 1 is 1.62 bits per heavy atom. The minimum atomic E-state index is -1.45. The van der Waals surface area contributed by atoms with Gasteiger partial charge in [-0.25, -0.2) is 9.18 Å². The Bertz CT molecular complexity index is 350. The number of aryl methyl sites for hydroxylation is 1. The van der Waals surface area contributed by atoms with E-state index in [0.29, 0.717) is 0 Å². The highest BCUT2D eigenvalue weighted by molar-refractivity contribution is 5.97. The number of halogens is 1. The predicted molar refractivity (Wildman–Crippen MR) is 44.2 cm³/mol. The molecule has 0 amide bonds. The number of carboxylic acid groups (broad SMARTS) is 1. The molecule has 0 atom stereocenters. The van der Waals surface area contributed by atoms with Gasteiger partial charge in [-0.2, -0.15) is 0 Å². The Labute approximate surface area is 73.4 Å². The average molecular weight is 185 g/mol. The first-order chi connectivity index (χ1) is 5.95. The van der Waals surface area contributed by atoms with E-state index in [4.69, 9.17) is 15.9 Å². The molecule has 1 aromatic carbocycles. The molecule has 1 aromatic rings. The molecule has 0 unspecified atom stereocenters. The molecule has 0 spiro atoms. The molecule has 0 saturated heterocycles. The first-order valence-electron chi connectivity index (χ1n) is 3.46. The van der Waals surface area contributed by atoms with Crippen LogP contribution in [-0.2, 0) is 0 Å². The van der Waals surface area contributed by atoms with Crippen LogP contribution in [0.3, 0.4) is 0 Å². The molecule has 13 heavy (non-hydrogen) atoms. The number of aromatic carboxylic acids is 1. The zero-order valence-electron chi connectivity index (χ0n) is 6.84. The van der Waals surface area contributed by atoms with Gasteiger partial charge in [0.05, 0.1) is 5.69 Å². The van der Waals surface area contributed by atoms with Gasteiger partial charge in [0.15, 0.2) is 11.6 Å². The SMILES string of the molecule is Cc1cc(F)c(O)c(C(=O)O)c1N. The minimum Gasteiger partial charge on any atom is -0.504 e. The Balaban J connectivity index is 3.56. The van der Waals surface area contributed by atoms with Gasteiger partial charge in [-0.3, -0.25) is 0 Å². The standard InChI is InChI=1S/C8H8FNO3/c1-3-2-4(9)7(11)5(6(3)10)8(12)13/h2,11H,10H2,1H3,(H,12,13). The first kappa shape index (κ1) is 9.31. The number of anilines is 1. The molecule has 0 heterocycles. The van der Waals surface area contributed by atoms with Crippen molar-refractivity contribution >= 4 is 11.7 Å². The lowest BCUT2D eigenvalue weighted by Crippen LogP contribution is -2.05. The zero-order chi connectivity index (χ0) is 10.2. The number of phenols is 1. The Morgan fingerprint density at radius 2 is 2.15 bits per heavy atom. The summed E-state index contributed by atoms with van der Waals surface area (Å²) in [5, 5.41) is 17.6. The maximum absolute atomic E-state index is 12.8. The highest BCUT2D eigenvalue weighted by Crippen LogP contribution is 2.29. The maximum atomic E-state index is 12.8. The summed E-state index contributed by atoms with van der Waals surface area (Å²) in [5.74, 6) is -3.35. The van der Waals surface area contributed by atoms with Crippen molar-refractivity contribution in [1.82, 2.24) is 0 Å². The van der Waals surface area contributed by atoms with Gasteiger partial charge in [0, 0.05) is 0 Å². The zero-order valence-corrected chi connectivity index (χ0v) is 6.84. The largest absolute Gasteiger partial charge is 0.504 e. The molecule has 4 N–H and O–H groups in total. The second-order valence-corrected chi connectivity index (χ2v) is 2.62. The highest BCUT2D eigenvalue weighted by Gasteiger charge is 2.19. The molecule has 70 valence electrons. The molecule has 1 rings (SSSR count). The van der Waals surface area contributed by atoms with Crippen LogP contribution in [0.4, 0.5) is 10.1 Å². The maximum Gasteiger partial charge on any atom is 0.341 e. The number of benzene rings is 1. The summed E-state index contributed by atoms with van der Waals surface area (Å²) < 4.78 is 12.8. The van der Waals surface area contributed by atoms with E-state index in [1.165, 1.54) is 6.92 Å². The van der Waals surface area contributed by atoms with Crippen LogP contribution in [0.25, 0.3) is 0 Å². The number of hydrogen-bond donors (Lipinski definition) is 3. The molecule has 5 heteroatoms. The van der Waals surface area contributed by atoms with Crippen molar-refractivity contribution in [2.75, 3.05) is 5.73 Å². The first-order valence-corrected chi connectivity index (χ1v) is 3.46. The van der Waals surface area contributed by atoms with Crippen molar-refractivity contribution in [3.63, 3.8) is 0 Å². The van der Waals surface area contributed by atoms with Gasteiger partial charge in [-0.05, 0) is 18.6 Å². The summed E-state index contributed by atoms with van der Waals surface area (Å²) in [4.78, 5) is 10.5. The average Bonchev–Trinajstić information content (AvgIpc) is 2.01. The van der Waals surface area contributed by atoms with E-state index in [1.807, 2.05) is 0 Å². The Hall–Kier alpha value is -1.78. The summed E-state index contributed by atoms with van der Waals surface area (Å²) in [5.41, 5.74) is 4.93. The van der Waals surface area contributed by atoms with Crippen molar-refractivity contribution in [3.05, 3.63) is 23.0 Å². The summed E-state index contributed by atoms with van der Waals surface area (Å²) in [6.07, 6.45) is 0. The Morgan fingerprint density at radius 3 is 2.62 bits per heavy atom. The molecule has 0 bridgehead atoms. The van der Waals surface area contributed by atoms with Gasteiger partial charge in [-0.15, -0.1) is 0 Å². The van der Waals surface area contributed by atoms with Crippen molar-refractivity contribution < 1.29 is 19.4 Å². The molecule has 0 aromatic heterocycles. The second kappa shape index (κ2) is 2.93. The molecule has 0 aliphatic rings. The van der Waals surface area contributed by atoms with E-state index in [9.17, 15) is 9.18 Å². The molecule has 0 aliphatic carbocycles. The van der Waals surface area contributed by atoms with Crippen molar-refractivity contribution in [1.29, 1.82) is 0 Å². The molecule has 0 saturated carbocycles. The lowest BCUT2D eigenvalue weighted by Gasteiger charge is -2.07. The van der Waals surface area contributed by atoms with Crippen LogP contribution in [-0.4, -0.2) is 16.2 Å². The summed E-state index contributed by atoms with van der Waals surface area (Å²) in [7, 11) is 0. The lowest BCUT2D eigenvalue weighted by molar-refractivity contribution is 0.0694. The quantitative estimate of drug-likeness (QED) is 0.572. The van der Waals surface area contributed by atoms with Crippen LogP contribution in [0.2, 0.25) is 0 Å². The summed E-state index contributed by atoms with van der Waals surface area (Å²) in [6, 6.07) is 0.983. The van der Waals surface area contributed by atoms with Crippen LogP contribution in [0.15, 0.2) is 6.07 Å². The number of carbonyl (C=O) groups is 1. The summed E-state index contributed by atoms with van der Waals surface area (Å²) in [6.45, 7) is 1.46. The number of nitrogens with two attached hydrogens (primary N) is 1. The number of nitrogen functional groups attached to an aromatic ring is 1. The van der Waals surface area contributed by atoms with Gasteiger partial charge in [-0.1, -0.05) is 0 Å². The van der Waals surface area contributed by atoms with Crippen LogP contribution in [0.1, 0.15) is 15.9 Å². The third-order valence-electron chi connectivity index (χ3n) is 1.71. The van der Waals surface area contributed by atoms with Gasteiger partial charge in [0.2, 0.25) is 0 Å². The molecule has 0 aliphatic heterocycles. The number of aromatic hydroxyl groups is 1. The van der Waals surface area contributed by atoms with Gasteiger partial charge in [0.1, 0.15) is 5.56 Å². The van der Waals surface area contributed by atoms with Gasteiger partial charge >= 0.3 is 5.97 Å². The van der Waals surface area contributed by atoms with E-state index in [1.54, 1.807) is 0 Å².